The van der Waals surface area contributed by atoms with E-state index >= 15 is 0 Å². The van der Waals surface area contributed by atoms with Gasteiger partial charge in [-0.2, -0.15) is 0 Å². The number of aliphatic carboxylic acids is 1. The molecule has 2 amide bonds. The largest absolute Gasteiger partial charge is 0.481 e. The molecule has 0 unspecified atom stereocenters. The quantitative estimate of drug-likeness (QED) is 0.589. The lowest BCUT2D eigenvalue weighted by Gasteiger charge is -2.06. The Morgan fingerprint density at radius 3 is 2.77 bits per heavy atom. The van der Waals surface area contributed by atoms with Crippen LogP contribution >= 0.6 is 0 Å². The lowest BCUT2D eigenvalue weighted by molar-refractivity contribution is -0.136. The SMILES string of the molecule is O=C(O)CCNC(=O)NCCCc1c[nH]c2ccc(F)cc12. The van der Waals surface area contributed by atoms with Crippen molar-refractivity contribution in [3.8, 4) is 0 Å². The molecule has 0 radical (unpaired) electrons. The zero-order valence-electron chi connectivity index (χ0n) is 12.0. The van der Waals surface area contributed by atoms with Crippen LogP contribution < -0.4 is 10.6 Å². The van der Waals surface area contributed by atoms with Gasteiger partial charge in [0, 0.05) is 30.2 Å². The Hall–Kier alpha value is -2.57. The molecule has 0 saturated carbocycles. The van der Waals surface area contributed by atoms with Gasteiger partial charge < -0.3 is 20.7 Å². The van der Waals surface area contributed by atoms with Gasteiger partial charge in [-0.05, 0) is 36.6 Å². The van der Waals surface area contributed by atoms with Crippen LogP contribution in [0.1, 0.15) is 18.4 Å². The van der Waals surface area contributed by atoms with Crippen molar-refractivity contribution in [2.75, 3.05) is 13.1 Å². The van der Waals surface area contributed by atoms with E-state index in [2.05, 4.69) is 15.6 Å². The molecule has 0 atom stereocenters. The molecule has 1 heterocycles. The molecule has 0 saturated heterocycles. The third kappa shape index (κ3) is 4.47. The molecule has 6 nitrogen and oxygen atoms in total. The van der Waals surface area contributed by atoms with Gasteiger partial charge >= 0.3 is 12.0 Å². The van der Waals surface area contributed by atoms with Gasteiger partial charge in [0.2, 0.25) is 0 Å². The molecule has 0 bridgehead atoms. The van der Waals surface area contributed by atoms with Crippen molar-refractivity contribution in [1.29, 1.82) is 0 Å². The van der Waals surface area contributed by atoms with Gasteiger partial charge in [-0.15, -0.1) is 0 Å². The monoisotopic (exact) mass is 307 g/mol. The van der Waals surface area contributed by atoms with E-state index in [9.17, 15) is 14.0 Å². The summed E-state index contributed by atoms with van der Waals surface area (Å²) >= 11 is 0. The predicted molar refractivity (Wildman–Crippen MR) is 80.2 cm³/mol. The molecule has 0 aliphatic heterocycles. The van der Waals surface area contributed by atoms with Crippen LogP contribution in [0.3, 0.4) is 0 Å². The van der Waals surface area contributed by atoms with Crippen LogP contribution in [-0.2, 0) is 11.2 Å². The van der Waals surface area contributed by atoms with E-state index in [4.69, 9.17) is 5.11 Å². The second-order valence-electron chi connectivity index (χ2n) is 4.93. The average Bonchev–Trinajstić information content (AvgIpc) is 2.85. The summed E-state index contributed by atoms with van der Waals surface area (Å²) in [7, 11) is 0. The number of carbonyl (C=O) groups is 2. The molecule has 7 heteroatoms. The Morgan fingerprint density at radius 1 is 1.23 bits per heavy atom. The Morgan fingerprint density at radius 2 is 2.00 bits per heavy atom. The maximum atomic E-state index is 13.2. The Bertz CT molecular complexity index is 669. The number of rotatable bonds is 7. The van der Waals surface area contributed by atoms with E-state index < -0.39 is 5.97 Å². The van der Waals surface area contributed by atoms with Gasteiger partial charge in [-0.25, -0.2) is 9.18 Å². The van der Waals surface area contributed by atoms with Gasteiger partial charge in [0.15, 0.2) is 0 Å². The number of carboxylic acids is 1. The summed E-state index contributed by atoms with van der Waals surface area (Å²) < 4.78 is 13.2. The molecular formula is C15H18FN3O3. The topological polar surface area (TPSA) is 94.2 Å². The number of hydrogen-bond acceptors (Lipinski definition) is 2. The molecular weight excluding hydrogens is 289 g/mol. The molecule has 2 aromatic rings. The van der Waals surface area contributed by atoms with Gasteiger partial charge in [0.25, 0.3) is 0 Å². The number of carboxylic acid groups (broad SMARTS) is 1. The number of aromatic amines is 1. The predicted octanol–water partition coefficient (Wildman–Crippen LogP) is 2.01. The second-order valence-corrected chi connectivity index (χ2v) is 4.93. The van der Waals surface area contributed by atoms with Crippen molar-refractivity contribution >= 4 is 22.9 Å². The number of aromatic nitrogens is 1. The maximum Gasteiger partial charge on any atom is 0.314 e. The number of fused-ring (bicyclic) bond motifs is 1. The molecule has 0 fully saturated rings. The average molecular weight is 307 g/mol. The molecule has 0 aliphatic carbocycles. The normalized spacial score (nSPS) is 10.6. The highest BCUT2D eigenvalue weighted by Gasteiger charge is 2.05. The summed E-state index contributed by atoms with van der Waals surface area (Å²) in [5.41, 5.74) is 1.89. The maximum absolute atomic E-state index is 13.2. The van der Waals surface area contributed by atoms with E-state index in [0.29, 0.717) is 19.4 Å². The van der Waals surface area contributed by atoms with Crippen molar-refractivity contribution < 1.29 is 19.1 Å². The smallest absolute Gasteiger partial charge is 0.314 e. The number of hydrogen-bond donors (Lipinski definition) is 4. The van der Waals surface area contributed by atoms with Crippen molar-refractivity contribution in [2.24, 2.45) is 0 Å². The molecule has 22 heavy (non-hydrogen) atoms. The fourth-order valence-electron chi connectivity index (χ4n) is 2.18. The van der Waals surface area contributed by atoms with Gasteiger partial charge in [-0.3, -0.25) is 4.79 Å². The summed E-state index contributed by atoms with van der Waals surface area (Å²) in [6.45, 7) is 0.559. The Labute approximate surface area is 126 Å². The Balaban J connectivity index is 1.73. The summed E-state index contributed by atoms with van der Waals surface area (Å²) in [6.07, 6.45) is 3.15. The van der Waals surface area contributed by atoms with E-state index in [1.807, 2.05) is 6.20 Å². The lowest BCUT2D eigenvalue weighted by atomic mass is 10.1. The number of halogens is 1. The highest BCUT2D eigenvalue weighted by Crippen LogP contribution is 2.20. The van der Waals surface area contributed by atoms with Gasteiger partial charge in [-0.1, -0.05) is 0 Å². The first kappa shape index (κ1) is 15.8. The first-order valence-corrected chi connectivity index (χ1v) is 7.05. The standard InChI is InChI=1S/C15H18FN3O3/c16-11-3-4-13-12(8-11)10(9-19-13)2-1-6-17-15(22)18-7-5-14(20)21/h3-4,8-9,19H,1-2,5-7H2,(H,20,21)(H2,17,18,22). The summed E-state index contributed by atoms with van der Waals surface area (Å²) in [4.78, 5) is 24.8. The number of nitrogens with one attached hydrogen (secondary N) is 3. The first-order valence-electron chi connectivity index (χ1n) is 7.05. The number of H-pyrrole nitrogens is 1. The van der Waals surface area contributed by atoms with Crippen LogP contribution in [0, 0.1) is 5.82 Å². The summed E-state index contributed by atoms with van der Waals surface area (Å²) in [5.74, 6) is -1.23. The zero-order chi connectivity index (χ0) is 15.9. The van der Waals surface area contributed by atoms with Crippen molar-refractivity contribution in [1.82, 2.24) is 15.6 Å². The highest BCUT2D eigenvalue weighted by molar-refractivity contribution is 5.83. The van der Waals surface area contributed by atoms with Crippen molar-refractivity contribution in [3.05, 3.63) is 35.8 Å². The zero-order valence-corrected chi connectivity index (χ0v) is 12.0. The summed E-state index contributed by atoms with van der Waals surface area (Å²) in [5, 5.41) is 14.4. The minimum Gasteiger partial charge on any atom is -0.481 e. The Kier molecular flexibility index (Phi) is 5.35. The van der Waals surface area contributed by atoms with Crippen LogP contribution in [-0.4, -0.2) is 35.2 Å². The van der Waals surface area contributed by atoms with Crippen LogP contribution in [0.15, 0.2) is 24.4 Å². The number of aryl methyl sites for hydroxylation is 1. The first-order chi connectivity index (χ1) is 10.6. The summed E-state index contributed by atoms with van der Waals surface area (Å²) in [6, 6.07) is 4.22. The third-order valence-corrected chi connectivity index (χ3v) is 3.26. The number of urea groups is 1. The fourth-order valence-corrected chi connectivity index (χ4v) is 2.18. The number of benzene rings is 1. The van der Waals surface area contributed by atoms with E-state index in [-0.39, 0.29) is 24.8 Å². The van der Waals surface area contributed by atoms with Crippen LogP contribution in [0.5, 0.6) is 0 Å². The van der Waals surface area contributed by atoms with Crippen LogP contribution in [0.2, 0.25) is 0 Å². The van der Waals surface area contributed by atoms with E-state index in [1.54, 1.807) is 6.07 Å². The molecule has 1 aromatic carbocycles. The highest BCUT2D eigenvalue weighted by atomic mass is 19.1. The third-order valence-electron chi connectivity index (χ3n) is 3.26. The minimum absolute atomic E-state index is 0.100. The molecule has 2 rings (SSSR count). The second kappa shape index (κ2) is 7.44. The molecule has 118 valence electrons. The molecule has 4 N–H and O–H groups in total. The molecule has 0 aliphatic rings. The van der Waals surface area contributed by atoms with E-state index in [0.717, 1.165) is 16.5 Å². The molecule has 1 aromatic heterocycles. The molecule has 0 spiro atoms. The number of amides is 2. The van der Waals surface area contributed by atoms with Crippen LogP contribution in [0.4, 0.5) is 9.18 Å². The van der Waals surface area contributed by atoms with Crippen molar-refractivity contribution in [2.45, 2.75) is 19.3 Å². The minimum atomic E-state index is -0.952. The van der Waals surface area contributed by atoms with Crippen LogP contribution in [0.25, 0.3) is 10.9 Å². The van der Waals surface area contributed by atoms with Gasteiger partial charge in [0.05, 0.1) is 6.42 Å². The fraction of sp³-hybridized carbons (Fsp3) is 0.333. The lowest BCUT2D eigenvalue weighted by Crippen LogP contribution is -2.37. The van der Waals surface area contributed by atoms with Crippen molar-refractivity contribution in [3.63, 3.8) is 0 Å². The van der Waals surface area contributed by atoms with Gasteiger partial charge in [0.1, 0.15) is 5.82 Å². The van der Waals surface area contributed by atoms with E-state index in [1.165, 1.54) is 12.1 Å². The number of carbonyl (C=O) groups excluding carboxylic acids is 1.